The highest BCUT2D eigenvalue weighted by molar-refractivity contribution is 6.92. The predicted molar refractivity (Wildman–Crippen MR) is 130 cm³/mol. The van der Waals surface area contributed by atoms with Crippen molar-refractivity contribution in [2.45, 2.75) is 89.3 Å². The largest absolute Gasteiger partial charge is 0.204 e. The fraction of sp³-hybridized carbons (Fsp3) is 0.571. The van der Waals surface area contributed by atoms with E-state index >= 15 is 0 Å². The molecule has 1 aliphatic heterocycles. The van der Waals surface area contributed by atoms with E-state index in [1.807, 2.05) is 0 Å². The van der Waals surface area contributed by atoms with E-state index in [0.717, 1.165) is 30.2 Å². The Morgan fingerprint density at radius 1 is 0.774 bits per heavy atom. The molecule has 0 nitrogen and oxygen atoms in total. The number of halogens is 2. The van der Waals surface area contributed by atoms with Gasteiger partial charge in [0.05, 0.1) is 8.07 Å². The quantitative estimate of drug-likeness (QED) is 0.398. The third-order valence-electron chi connectivity index (χ3n) is 8.65. The van der Waals surface area contributed by atoms with Gasteiger partial charge in [-0.2, -0.15) is 0 Å². The van der Waals surface area contributed by atoms with Crippen molar-refractivity contribution < 1.29 is 8.78 Å². The van der Waals surface area contributed by atoms with Gasteiger partial charge in [0.1, 0.15) is 0 Å². The Morgan fingerprint density at radius 2 is 1.39 bits per heavy atom. The van der Waals surface area contributed by atoms with Gasteiger partial charge in [0, 0.05) is 0 Å². The number of benzene rings is 2. The summed E-state index contributed by atoms with van der Waals surface area (Å²) in [6.45, 7) is 4.62. The molecule has 0 bridgehead atoms. The van der Waals surface area contributed by atoms with Gasteiger partial charge in [-0.05, 0) is 68.1 Å². The monoisotopic (exact) mass is 440 g/mol. The molecule has 3 heteroatoms. The van der Waals surface area contributed by atoms with Crippen molar-refractivity contribution in [1.29, 1.82) is 0 Å². The SMILES string of the molecule is CC[Si]1(c2ccc(C)cc2)CCC(CCC2CCC(c3ccc(F)c(F)c3)CC2)CC1. The van der Waals surface area contributed by atoms with E-state index in [0.29, 0.717) is 5.92 Å². The van der Waals surface area contributed by atoms with Crippen molar-refractivity contribution in [3.63, 3.8) is 0 Å². The molecule has 2 aromatic rings. The van der Waals surface area contributed by atoms with Crippen LogP contribution in [0.2, 0.25) is 18.1 Å². The fourth-order valence-electron chi connectivity index (χ4n) is 6.29. The number of hydrogen-bond donors (Lipinski definition) is 0. The van der Waals surface area contributed by atoms with E-state index in [9.17, 15) is 8.78 Å². The number of hydrogen-bond acceptors (Lipinski definition) is 0. The molecule has 2 aromatic carbocycles. The van der Waals surface area contributed by atoms with Crippen LogP contribution in [0, 0.1) is 30.4 Å². The third kappa shape index (κ3) is 5.30. The van der Waals surface area contributed by atoms with E-state index in [2.05, 4.69) is 38.1 Å². The Hall–Kier alpha value is -1.48. The van der Waals surface area contributed by atoms with Crippen molar-refractivity contribution in [3.05, 3.63) is 65.2 Å². The van der Waals surface area contributed by atoms with Crippen LogP contribution in [0.4, 0.5) is 8.78 Å². The van der Waals surface area contributed by atoms with Crippen molar-refractivity contribution >= 4 is 13.3 Å². The zero-order valence-electron chi connectivity index (χ0n) is 19.3. The van der Waals surface area contributed by atoms with Crippen LogP contribution >= 0.6 is 0 Å². The number of rotatable bonds is 6. The van der Waals surface area contributed by atoms with Crippen LogP contribution in [0.3, 0.4) is 0 Å². The van der Waals surface area contributed by atoms with Gasteiger partial charge in [-0.25, -0.2) is 8.78 Å². The molecule has 0 spiro atoms. The lowest BCUT2D eigenvalue weighted by molar-refractivity contribution is 0.279. The smallest absolute Gasteiger partial charge is 0.159 e. The highest BCUT2D eigenvalue weighted by Crippen LogP contribution is 2.41. The Labute approximate surface area is 188 Å². The first-order valence-corrected chi connectivity index (χ1v) is 15.1. The summed E-state index contributed by atoms with van der Waals surface area (Å²) in [5, 5.41) is 1.69. The van der Waals surface area contributed by atoms with Gasteiger partial charge in [-0.3, -0.25) is 0 Å². The van der Waals surface area contributed by atoms with Gasteiger partial charge in [-0.1, -0.05) is 91.8 Å². The Morgan fingerprint density at radius 3 is 1.97 bits per heavy atom. The Kier molecular flexibility index (Phi) is 7.31. The second-order valence-corrected chi connectivity index (χ2v) is 15.3. The predicted octanol–water partition coefficient (Wildman–Crippen LogP) is 8.11. The van der Waals surface area contributed by atoms with Crippen LogP contribution in [0.5, 0.6) is 0 Å². The molecule has 1 aliphatic carbocycles. The molecule has 0 aromatic heterocycles. The van der Waals surface area contributed by atoms with Gasteiger partial charge >= 0.3 is 0 Å². The van der Waals surface area contributed by atoms with E-state index in [1.165, 1.54) is 74.4 Å². The number of aryl methyl sites for hydroxylation is 1. The molecule has 4 rings (SSSR count). The maximum absolute atomic E-state index is 13.6. The lowest BCUT2D eigenvalue weighted by Crippen LogP contribution is -2.49. The zero-order chi connectivity index (χ0) is 21.8. The molecule has 1 saturated carbocycles. The van der Waals surface area contributed by atoms with Gasteiger partial charge in [0.15, 0.2) is 11.6 Å². The highest BCUT2D eigenvalue weighted by Gasteiger charge is 2.37. The molecule has 2 aliphatic rings. The summed E-state index contributed by atoms with van der Waals surface area (Å²) in [6.07, 6.45) is 10.3. The lowest BCUT2D eigenvalue weighted by Gasteiger charge is -2.39. The Bertz CT molecular complexity index is 844. The average molecular weight is 441 g/mol. The summed E-state index contributed by atoms with van der Waals surface area (Å²) in [5.41, 5.74) is 2.36. The van der Waals surface area contributed by atoms with Gasteiger partial charge < -0.3 is 0 Å². The fourth-order valence-corrected chi connectivity index (χ4v) is 11.0. The van der Waals surface area contributed by atoms with Crippen molar-refractivity contribution in [3.8, 4) is 0 Å². The molecular weight excluding hydrogens is 402 g/mol. The summed E-state index contributed by atoms with van der Waals surface area (Å²) >= 11 is 0. The van der Waals surface area contributed by atoms with Crippen LogP contribution in [0.25, 0.3) is 0 Å². The molecule has 0 N–H and O–H groups in total. The topological polar surface area (TPSA) is 0 Å². The lowest BCUT2D eigenvalue weighted by atomic mass is 9.76. The van der Waals surface area contributed by atoms with Crippen LogP contribution in [0.15, 0.2) is 42.5 Å². The first kappa shape index (κ1) is 22.7. The van der Waals surface area contributed by atoms with E-state index in [1.54, 1.807) is 11.3 Å². The maximum atomic E-state index is 13.6. The summed E-state index contributed by atoms with van der Waals surface area (Å²) in [7, 11) is -1.28. The Balaban J connectivity index is 1.23. The summed E-state index contributed by atoms with van der Waals surface area (Å²) in [5.74, 6) is 0.721. The summed E-state index contributed by atoms with van der Waals surface area (Å²) < 4.78 is 26.8. The molecule has 0 atom stereocenters. The standard InChI is InChI=1S/C28H38F2Si/c1-3-31(26-13-4-21(2)5-14-26)18-16-23(17-19-31)7-6-22-8-10-24(11-9-22)25-12-15-27(29)28(30)20-25/h4-5,12-15,20,22-24H,3,6-11,16-19H2,1-2H3. The van der Waals surface area contributed by atoms with Crippen molar-refractivity contribution in [2.75, 3.05) is 0 Å². The van der Waals surface area contributed by atoms with Gasteiger partial charge in [0.2, 0.25) is 0 Å². The van der Waals surface area contributed by atoms with Crippen molar-refractivity contribution in [1.82, 2.24) is 0 Å². The minimum absolute atomic E-state index is 0.409. The summed E-state index contributed by atoms with van der Waals surface area (Å²) in [4.78, 5) is 0. The molecule has 0 unspecified atom stereocenters. The molecule has 0 radical (unpaired) electrons. The molecule has 31 heavy (non-hydrogen) atoms. The second kappa shape index (κ2) is 9.98. The first-order valence-electron chi connectivity index (χ1n) is 12.5. The van der Waals surface area contributed by atoms with Crippen LogP contribution in [0.1, 0.15) is 75.3 Å². The second-order valence-electron chi connectivity index (χ2n) is 10.4. The minimum Gasteiger partial charge on any atom is -0.204 e. The molecular formula is C28H38F2Si. The molecule has 1 saturated heterocycles. The summed E-state index contributed by atoms with van der Waals surface area (Å²) in [6, 6.07) is 18.3. The van der Waals surface area contributed by atoms with Gasteiger partial charge in [0.25, 0.3) is 0 Å². The molecule has 2 fully saturated rings. The molecule has 168 valence electrons. The van der Waals surface area contributed by atoms with E-state index < -0.39 is 19.7 Å². The van der Waals surface area contributed by atoms with Crippen LogP contribution < -0.4 is 5.19 Å². The molecule has 1 heterocycles. The van der Waals surface area contributed by atoms with Gasteiger partial charge in [-0.15, -0.1) is 0 Å². The maximum Gasteiger partial charge on any atom is 0.159 e. The first-order chi connectivity index (χ1) is 15.0. The normalized spacial score (nSPS) is 29.1. The molecule has 0 amide bonds. The average Bonchev–Trinajstić information content (AvgIpc) is 2.81. The van der Waals surface area contributed by atoms with E-state index in [-0.39, 0.29) is 0 Å². The third-order valence-corrected chi connectivity index (χ3v) is 14.1. The minimum atomic E-state index is -1.28. The van der Waals surface area contributed by atoms with Crippen LogP contribution in [-0.2, 0) is 0 Å². The highest BCUT2D eigenvalue weighted by atomic mass is 28.3. The zero-order valence-corrected chi connectivity index (χ0v) is 20.3. The van der Waals surface area contributed by atoms with E-state index in [4.69, 9.17) is 0 Å². The van der Waals surface area contributed by atoms with Crippen molar-refractivity contribution in [2.24, 2.45) is 11.8 Å². The van der Waals surface area contributed by atoms with Crippen LogP contribution in [-0.4, -0.2) is 8.07 Å².